The maximum absolute atomic E-state index is 12.6. The van der Waals surface area contributed by atoms with E-state index >= 15 is 0 Å². The SMILES string of the molecule is CCc1nn(C)cc1NS(=O)(=O)c1cc(C(=O)O)cc(Cl)c1C. The molecule has 9 heteroatoms. The van der Waals surface area contributed by atoms with Crippen molar-refractivity contribution in [1.29, 1.82) is 0 Å². The number of hydrogen-bond acceptors (Lipinski definition) is 4. The van der Waals surface area contributed by atoms with E-state index in [1.54, 1.807) is 13.2 Å². The van der Waals surface area contributed by atoms with Crippen molar-refractivity contribution < 1.29 is 18.3 Å². The summed E-state index contributed by atoms with van der Waals surface area (Å²) in [4.78, 5) is 10.9. The maximum atomic E-state index is 12.6. The van der Waals surface area contributed by atoms with E-state index in [-0.39, 0.29) is 21.0 Å². The van der Waals surface area contributed by atoms with E-state index in [1.165, 1.54) is 17.7 Å². The lowest BCUT2D eigenvalue weighted by atomic mass is 10.1. The minimum atomic E-state index is -3.99. The van der Waals surface area contributed by atoms with Gasteiger partial charge in [-0.1, -0.05) is 18.5 Å². The first kappa shape index (κ1) is 17.3. The summed E-state index contributed by atoms with van der Waals surface area (Å²) in [6.45, 7) is 3.37. The summed E-state index contributed by atoms with van der Waals surface area (Å²) in [6, 6.07) is 2.31. The lowest BCUT2D eigenvalue weighted by Gasteiger charge is -2.12. The molecule has 124 valence electrons. The van der Waals surface area contributed by atoms with Gasteiger partial charge < -0.3 is 5.11 Å². The van der Waals surface area contributed by atoms with Gasteiger partial charge in [0.15, 0.2) is 0 Å². The van der Waals surface area contributed by atoms with Crippen LogP contribution in [0.1, 0.15) is 28.5 Å². The second-order valence-corrected chi connectivity index (χ2v) is 7.07. The van der Waals surface area contributed by atoms with Crippen molar-refractivity contribution in [3.63, 3.8) is 0 Å². The topological polar surface area (TPSA) is 101 Å². The average molecular weight is 358 g/mol. The third kappa shape index (κ3) is 3.48. The molecule has 0 aliphatic heterocycles. The lowest BCUT2D eigenvalue weighted by molar-refractivity contribution is 0.0696. The molecular weight excluding hydrogens is 342 g/mol. The van der Waals surface area contributed by atoms with Crippen molar-refractivity contribution in [2.75, 3.05) is 4.72 Å². The molecule has 1 heterocycles. The summed E-state index contributed by atoms with van der Waals surface area (Å²) >= 11 is 5.96. The summed E-state index contributed by atoms with van der Waals surface area (Å²) < 4.78 is 29.2. The van der Waals surface area contributed by atoms with Gasteiger partial charge in [0.1, 0.15) is 0 Å². The average Bonchev–Trinajstić information content (AvgIpc) is 2.80. The quantitative estimate of drug-likeness (QED) is 0.855. The summed E-state index contributed by atoms with van der Waals surface area (Å²) in [5.41, 5.74) is 1.04. The van der Waals surface area contributed by atoms with Crippen molar-refractivity contribution in [1.82, 2.24) is 9.78 Å². The highest BCUT2D eigenvalue weighted by Gasteiger charge is 2.23. The smallest absolute Gasteiger partial charge is 0.335 e. The summed E-state index contributed by atoms with van der Waals surface area (Å²) in [6.07, 6.45) is 2.10. The van der Waals surface area contributed by atoms with Gasteiger partial charge in [0.05, 0.1) is 21.8 Å². The molecule has 0 amide bonds. The molecule has 0 unspecified atom stereocenters. The highest BCUT2D eigenvalue weighted by molar-refractivity contribution is 7.92. The van der Waals surface area contributed by atoms with Gasteiger partial charge in [0.25, 0.3) is 10.0 Å². The molecule has 0 saturated heterocycles. The van der Waals surface area contributed by atoms with Crippen LogP contribution in [0.4, 0.5) is 5.69 Å². The van der Waals surface area contributed by atoms with E-state index in [0.717, 1.165) is 6.07 Å². The van der Waals surface area contributed by atoms with Crippen molar-refractivity contribution in [3.05, 3.63) is 40.2 Å². The normalized spacial score (nSPS) is 11.5. The van der Waals surface area contributed by atoms with Crippen molar-refractivity contribution in [2.45, 2.75) is 25.2 Å². The standard InChI is InChI=1S/C14H16ClN3O4S/c1-4-11-12(7-18(3)16-11)17-23(21,22)13-6-9(14(19)20)5-10(15)8(13)2/h5-7,17H,4H2,1-3H3,(H,19,20). The summed E-state index contributed by atoms with van der Waals surface area (Å²) in [7, 11) is -2.31. The van der Waals surface area contributed by atoms with Gasteiger partial charge in [-0.3, -0.25) is 9.40 Å². The third-order valence-electron chi connectivity index (χ3n) is 3.32. The van der Waals surface area contributed by atoms with Crippen molar-refractivity contribution >= 4 is 33.3 Å². The van der Waals surface area contributed by atoms with E-state index in [9.17, 15) is 13.2 Å². The van der Waals surface area contributed by atoms with E-state index in [4.69, 9.17) is 16.7 Å². The number of anilines is 1. The molecule has 0 saturated carbocycles. The zero-order chi connectivity index (χ0) is 17.4. The molecule has 0 aliphatic carbocycles. The molecule has 0 radical (unpaired) electrons. The Balaban J connectivity index is 2.53. The van der Waals surface area contributed by atoms with Crippen LogP contribution in [0.5, 0.6) is 0 Å². The van der Waals surface area contributed by atoms with Crippen LogP contribution in [0, 0.1) is 6.92 Å². The Bertz CT molecular complexity index is 874. The molecule has 0 atom stereocenters. The van der Waals surface area contributed by atoms with Gasteiger partial charge >= 0.3 is 5.97 Å². The highest BCUT2D eigenvalue weighted by Crippen LogP contribution is 2.28. The monoisotopic (exact) mass is 357 g/mol. The molecule has 7 nitrogen and oxygen atoms in total. The molecule has 1 aromatic heterocycles. The first-order valence-corrected chi connectivity index (χ1v) is 8.60. The Labute approximate surface area is 138 Å². The number of carboxylic acid groups (broad SMARTS) is 1. The van der Waals surface area contributed by atoms with Crippen molar-refractivity contribution in [2.24, 2.45) is 7.05 Å². The predicted octanol–water partition coefficient (Wildman–Crippen LogP) is 2.44. The number of sulfonamides is 1. The van der Waals surface area contributed by atoms with E-state index in [1.807, 2.05) is 6.92 Å². The van der Waals surface area contributed by atoms with Crippen molar-refractivity contribution in [3.8, 4) is 0 Å². The van der Waals surface area contributed by atoms with Gasteiger partial charge in [-0.25, -0.2) is 13.2 Å². The van der Waals surface area contributed by atoms with Crippen LogP contribution in [-0.4, -0.2) is 29.3 Å². The number of hydrogen-bond donors (Lipinski definition) is 2. The highest BCUT2D eigenvalue weighted by atomic mass is 35.5. The third-order valence-corrected chi connectivity index (χ3v) is 5.20. The fourth-order valence-electron chi connectivity index (χ4n) is 2.14. The van der Waals surface area contributed by atoms with E-state index in [2.05, 4.69) is 9.82 Å². The predicted molar refractivity (Wildman–Crippen MR) is 86.5 cm³/mol. The molecule has 2 rings (SSSR count). The van der Waals surface area contributed by atoms with E-state index < -0.39 is 16.0 Å². The number of aryl methyl sites for hydroxylation is 2. The molecule has 2 aromatic rings. The largest absolute Gasteiger partial charge is 0.478 e. The molecule has 0 aliphatic rings. The maximum Gasteiger partial charge on any atom is 0.335 e. The molecular formula is C14H16ClN3O4S. The Morgan fingerprint density at radius 3 is 2.65 bits per heavy atom. The fraction of sp³-hybridized carbons (Fsp3) is 0.286. The Morgan fingerprint density at radius 1 is 1.43 bits per heavy atom. The molecule has 2 N–H and O–H groups in total. The fourth-order valence-corrected chi connectivity index (χ4v) is 3.78. The molecule has 0 spiro atoms. The Hall–Kier alpha value is -2.06. The molecule has 23 heavy (non-hydrogen) atoms. The zero-order valence-corrected chi connectivity index (χ0v) is 14.4. The Kier molecular flexibility index (Phi) is 4.67. The number of halogens is 1. The van der Waals surface area contributed by atoms with Crippen LogP contribution in [0.15, 0.2) is 23.2 Å². The lowest BCUT2D eigenvalue weighted by Crippen LogP contribution is -2.16. The van der Waals surface area contributed by atoms with Gasteiger partial charge in [0, 0.05) is 18.3 Å². The van der Waals surface area contributed by atoms with Gasteiger partial charge in [0.2, 0.25) is 0 Å². The number of nitrogens with one attached hydrogen (secondary N) is 1. The number of aromatic nitrogens is 2. The second-order valence-electron chi connectivity index (χ2n) is 5.01. The van der Waals surface area contributed by atoms with Crippen LogP contribution in [0.3, 0.4) is 0 Å². The molecule has 0 fully saturated rings. The number of aromatic carboxylic acids is 1. The molecule has 1 aromatic carbocycles. The zero-order valence-electron chi connectivity index (χ0n) is 12.8. The minimum absolute atomic E-state index is 0.0761. The number of rotatable bonds is 5. The van der Waals surface area contributed by atoms with Crippen LogP contribution in [0.2, 0.25) is 5.02 Å². The Morgan fingerprint density at radius 2 is 2.09 bits per heavy atom. The van der Waals surface area contributed by atoms with Gasteiger partial charge in [-0.2, -0.15) is 5.10 Å². The molecule has 0 bridgehead atoms. The summed E-state index contributed by atoms with van der Waals surface area (Å²) in [5, 5.41) is 13.3. The van der Waals surface area contributed by atoms with Crippen LogP contribution in [-0.2, 0) is 23.5 Å². The number of benzene rings is 1. The minimum Gasteiger partial charge on any atom is -0.478 e. The second kappa shape index (κ2) is 6.21. The first-order valence-electron chi connectivity index (χ1n) is 6.74. The number of nitrogens with zero attached hydrogens (tertiary/aromatic N) is 2. The summed E-state index contributed by atoms with van der Waals surface area (Å²) in [5.74, 6) is -1.25. The first-order chi connectivity index (χ1) is 10.7. The van der Waals surface area contributed by atoms with Crippen LogP contribution >= 0.6 is 11.6 Å². The van der Waals surface area contributed by atoms with Gasteiger partial charge in [-0.05, 0) is 31.0 Å². The van der Waals surface area contributed by atoms with E-state index in [0.29, 0.717) is 17.8 Å². The van der Waals surface area contributed by atoms with Gasteiger partial charge in [-0.15, -0.1) is 0 Å². The number of carbonyl (C=O) groups is 1. The van der Waals surface area contributed by atoms with Crippen LogP contribution < -0.4 is 4.72 Å². The van der Waals surface area contributed by atoms with Crippen LogP contribution in [0.25, 0.3) is 0 Å². The number of carboxylic acids is 1.